The van der Waals surface area contributed by atoms with Crippen LogP contribution in [-0.4, -0.2) is 42.5 Å². The average molecular weight is 471 g/mol. The number of carbonyl (C=O) groups excluding carboxylic acids is 1. The van der Waals surface area contributed by atoms with Gasteiger partial charge in [-0.1, -0.05) is 12.1 Å². The number of H-pyrrole nitrogens is 1. The number of guanidine groups is 1. The van der Waals surface area contributed by atoms with Crippen molar-refractivity contribution in [1.82, 2.24) is 20.9 Å². The summed E-state index contributed by atoms with van der Waals surface area (Å²) in [4.78, 5) is 19.3. The summed E-state index contributed by atoms with van der Waals surface area (Å²) in [6.07, 6.45) is 2.93. The molecule has 6 nitrogen and oxygen atoms in total. The zero-order chi connectivity index (χ0) is 18.4. The second-order valence-electron chi connectivity index (χ2n) is 7.26. The van der Waals surface area contributed by atoms with Gasteiger partial charge in [-0.2, -0.15) is 0 Å². The smallest absolute Gasteiger partial charge is 0.239 e. The fraction of sp³-hybridized carbons (Fsp3) is 0.474. The second-order valence-corrected chi connectivity index (χ2v) is 7.26. The Morgan fingerprint density at radius 1 is 1.23 bits per heavy atom. The lowest BCUT2D eigenvalue weighted by Gasteiger charge is -2.21. The molecule has 0 aliphatic rings. The van der Waals surface area contributed by atoms with Gasteiger partial charge in [0.05, 0.1) is 6.54 Å². The first-order valence-electron chi connectivity index (χ1n) is 8.60. The van der Waals surface area contributed by atoms with Gasteiger partial charge >= 0.3 is 0 Å². The molecule has 2 aromatic rings. The Kier molecular flexibility index (Phi) is 8.39. The van der Waals surface area contributed by atoms with Gasteiger partial charge < -0.3 is 20.9 Å². The number of hydrogen-bond donors (Lipinski definition) is 4. The summed E-state index contributed by atoms with van der Waals surface area (Å²) in [5.74, 6) is 0.571. The highest BCUT2D eigenvalue weighted by Gasteiger charge is 2.13. The van der Waals surface area contributed by atoms with Crippen LogP contribution in [-0.2, 0) is 11.2 Å². The average Bonchev–Trinajstić information content (AvgIpc) is 2.91. The zero-order valence-corrected chi connectivity index (χ0v) is 18.5. The van der Waals surface area contributed by atoms with Crippen molar-refractivity contribution in [1.29, 1.82) is 0 Å². The van der Waals surface area contributed by atoms with Gasteiger partial charge in [-0.25, -0.2) is 0 Å². The van der Waals surface area contributed by atoms with Crippen LogP contribution in [0.1, 0.15) is 31.9 Å². The molecule has 2 rings (SSSR count). The molecule has 1 aromatic carbocycles. The van der Waals surface area contributed by atoms with Gasteiger partial charge in [-0.05, 0) is 51.3 Å². The number of aryl methyl sites for hydroxylation is 1. The van der Waals surface area contributed by atoms with Crippen LogP contribution >= 0.6 is 24.0 Å². The lowest BCUT2D eigenvalue weighted by atomic mass is 10.1. The Bertz CT molecular complexity index is 761. The van der Waals surface area contributed by atoms with Crippen molar-refractivity contribution in [2.45, 2.75) is 39.7 Å². The summed E-state index contributed by atoms with van der Waals surface area (Å²) in [5, 5.41) is 10.4. The van der Waals surface area contributed by atoms with E-state index < -0.39 is 0 Å². The minimum Gasteiger partial charge on any atom is -0.361 e. The summed E-state index contributed by atoms with van der Waals surface area (Å²) in [6, 6.07) is 6.43. The highest BCUT2D eigenvalue weighted by atomic mass is 127. The molecule has 0 aliphatic carbocycles. The fourth-order valence-electron chi connectivity index (χ4n) is 2.67. The van der Waals surface area contributed by atoms with Crippen LogP contribution in [0.3, 0.4) is 0 Å². The van der Waals surface area contributed by atoms with Crippen LogP contribution in [0.25, 0.3) is 10.9 Å². The van der Waals surface area contributed by atoms with E-state index in [0.29, 0.717) is 5.96 Å². The summed E-state index contributed by atoms with van der Waals surface area (Å²) in [7, 11) is 1.70. The summed E-state index contributed by atoms with van der Waals surface area (Å²) in [6.45, 7) is 8.90. The number of aromatic nitrogens is 1. The number of aliphatic imine (C=N–C) groups is 1. The molecule has 0 unspecified atom stereocenters. The van der Waals surface area contributed by atoms with Crippen LogP contribution in [0.5, 0.6) is 0 Å². The molecule has 0 saturated heterocycles. The van der Waals surface area contributed by atoms with Crippen molar-refractivity contribution in [2.24, 2.45) is 4.99 Å². The first kappa shape index (κ1) is 22.3. The quantitative estimate of drug-likeness (QED) is 0.308. The maximum atomic E-state index is 11.9. The molecular weight excluding hydrogens is 441 g/mol. The van der Waals surface area contributed by atoms with Gasteiger partial charge in [0, 0.05) is 36.2 Å². The molecule has 0 saturated carbocycles. The molecule has 1 amide bonds. The summed E-state index contributed by atoms with van der Waals surface area (Å²) >= 11 is 0. The van der Waals surface area contributed by atoms with Crippen molar-refractivity contribution >= 4 is 46.7 Å². The van der Waals surface area contributed by atoms with Crippen molar-refractivity contribution in [3.8, 4) is 0 Å². The first-order valence-corrected chi connectivity index (χ1v) is 8.60. The highest BCUT2D eigenvalue weighted by molar-refractivity contribution is 14.0. The highest BCUT2D eigenvalue weighted by Crippen LogP contribution is 2.19. The SMILES string of the molecule is CN=C(NCCc1c[nH]c2cc(C)ccc12)NCC(=O)NC(C)(C)C.I. The fourth-order valence-corrected chi connectivity index (χ4v) is 2.67. The Morgan fingerprint density at radius 3 is 2.62 bits per heavy atom. The number of rotatable bonds is 5. The molecule has 4 N–H and O–H groups in total. The topological polar surface area (TPSA) is 81.3 Å². The molecule has 144 valence electrons. The van der Waals surface area contributed by atoms with Gasteiger partial charge in [0.15, 0.2) is 5.96 Å². The third-order valence-electron chi connectivity index (χ3n) is 3.76. The van der Waals surface area contributed by atoms with E-state index in [1.807, 2.05) is 20.8 Å². The maximum absolute atomic E-state index is 11.9. The number of nitrogens with zero attached hydrogens (tertiary/aromatic N) is 1. The number of fused-ring (bicyclic) bond motifs is 1. The van der Waals surface area contributed by atoms with Crippen LogP contribution in [0, 0.1) is 6.92 Å². The molecule has 1 aromatic heterocycles. The summed E-state index contributed by atoms with van der Waals surface area (Å²) in [5.41, 5.74) is 3.44. The monoisotopic (exact) mass is 471 g/mol. The van der Waals surface area contributed by atoms with Gasteiger partial charge in [0.2, 0.25) is 5.91 Å². The van der Waals surface area contributed by atoms with E-state index in [9.17, 15) is 4.79 Å². The molecular formula is C19H30IN5O. The minimum atomic E-state index is -0.233. The Balaban J connectivity index is 0.00000338. The predicted molar refractivity (Wildman–Crippen MR) is 119 cm³/mol. The predicted octanol–water partition coefficient (Wildman–Crippen LogP) is 2.72. The van der Waals surface area contributed by atoms with Gasteiger partial charge in [0.25, 0.3) is 0 Å². The van der Waals surface area contributed by atoms with E-state index in [4.69, 9.17) is 0 Å². The molecule has 0 aliphatic heterocycles. The molecule has 0 spiro atoms. The normalized spacial score (nSPS) is 11.8. The van der Waals surface area contributed by atoms with Gasteiger partial charge in [-0.3, -0.25) is 9.79 Å². The number of aromatic amines is 1. The first-order chi connectivity index (χ1) is 11.8. The van der Waals surface area contributed by atoms with E-state index in [-0.39, 0.29) is 42.0 Å². The lowest BCUT2D eigenvalue weighted by Crippen LogP contribution is -2.48. The van der Waals surface area contributed by atoms with E-state index >= 15 is 0 Å². The van der Waals surface area contributed by atoms with Crippen LogP contribution in [0.2, 0.25) is 0 Å². The maximum Gasteiger partial charge on any atom is 0.239 e. The zero-order valence-electron chi connectivity index (χ0n) is 16.2. The third kappa shape index (κ3) is 6.86. The Morgan fingerprint density at radius 2 is 1.96 bits per heavy atom. The van der Waals surface area contributed by atoms with Crippen LogP contribution < -0.4 is 16.0 Å². The molecule has 1 heterocycles. The van der Waals surface area contributed by atoms with Crippen molar-refractivity contribution in [2.75, 3.05) is 20.1 Å². The Hall–Kier alpha value is -1.77. The largest absolute Gasteiger partial charge is 0.361 e. The molecule has 0 radical (unpaired) electrons. The van der Waals surface area contributed by atoms with E-state index in [1.165, 1.54) is 16.5 Å². The van der Waals surface area contributed by atoms with E-state index in [1.54, 1.807) is 7.05 Å². The van der Waals surface area contributed by atoms with Gasteiger partial charge in [0.1, 0.15) is 0 Å². The molecule has 7 heteroatoms. The lowest BCUT2D eigenvalue weighted by molar-refractivity contribution is -0.121. The van der Waals surface area contributed by atoms with Crippen LogP contribution in [0.15, 0.2) is 29.4 Å². The van der Waals surface area contributed by atoms with Gasteiger partial charge in [-0.15, -0.1) is 24.0 Å². The van der Waals surface area contributed by atoms with E-state index in [2.05, 4.69) is 57.2 Å². The molecule has 0 fully saturated rings. The minimum absolute atomic E-state index is 0. The number of carbonyl (C=O) groups is 1. The molecule has 0 bridgehead atoms. The number of nitrogens with one attached hydrogen (secondary N) is 4. The number of amides is 1. The molecule has 0 atom stereocenters. The van der Waals surface area contributed by atoms with Crippen molar-refractivity contribution in [3.05, 3.63) is 35.5 Å². The molecule has 26 heavy (non-hydrogen) atoms. The number of halogens is 1. The van der Waals surface area contributed by atoms with Crippen molar-refractivity contribution < 1.29 is 4.79 Å². The van der Waals surface area contributed by atoms with Crippen molar-refractivity contribution in [3.63, 3.8) is 0 Å². The second kappa shape index (κ2) is 9.80. The third-order valence-corrected chi connectivity index (χ3v) is 3.76. The standard InChI is InChI=1S/C19H29N5O.HI/c1-13-6-7-15-14(11-22-16(15)10-13)8-9-21-18(20-5)23-12-17(25)24-19(2,3)4;/h6-7,10-11,22H,8-9,12H2,1-5H3,(H,24,25)(H2,20,21,23);1H. The number of benzene rings is 1. The Labute approximate surface area is 172 Å². The number of hydrogen-bond acceptors (Lipinski definition) is 2. The van der Waals surface area contributed by atoms with E-state index in [0.717, 1.165) is 18.5 Å². The van der Waals surface area contributed by atoms with Crippen LogP contribution in [0.4, 0.5) is 0 Å². The summed E-state index contributed by atoms with van der Waals surface area (Å²) < 4.78 is 0.